The van der Waals surface area contributed by atoms with Gasteiger partial charge in [0, 0.05) is 60.3 Å². The van der Waals surface area contributed by atoms with Gasteiger partial charge < -0.3 is 30.5 Å². The van der Waals surface area contributed by atoms with Crippen molar-refractivity contribution in [3.05, 3.63) is 97.5 Å². The fourth-order valence-corrected chi connectivity index (χ4v) is 5.07. The summed E-state index contributed by atoms with van der Waals surface area (Å²) in [5.74, 6) is -2.92. The maximum Gasteiger partial charge on any atom is 0.332 e. The molecular weight excluding hydrogens is 595 g/mol. The maximum atomic E-state index is 15.5. The Morgan fingerprint density at radius 1 is 1.09 bits per heavy atom. The van der Waals surface area contributed by atoms with Gasteiger partial charge >= 0.3 is 11.9 Å². The number of anilines is 4. The van der Waals surface area contributed by atoms with E-state index in [-0.39, 0.29) is 30.7 Å². The monoisotopic (exact) mass is 626 g/mol. The van der Waals surface area contributed by atoms with Gasteiger partial charge in [0.25, 0.3) is 0 Å². The van der Waals surface area contributed by atoms with Crippen LogP contribution in [-0.4, -0.2) is 81.9 Å². The predicted molar refractivity (Wildman–Crippen MR) is 171 cm³/mol. The molecule has 5 rings (SSSR count). The van der Waals surface area contributed by atoms with Crippen LogP contribution in [-0.2, 0) is 19.1 Å². The number of nitrogens with one attached hydrogen (secondary N) is 2. The van der Waals surface area contributed by atoms with Gasteiger partial charge in [0.1, 0.15) is 5.82 Å². The molecule has 4 aromatic rings. The van der Waals surface area contributed by atoms with Crippen molar-refractivity contribution in [2.45, 2.75) is 6.23 Å². The lowest BCUT2D eigenvalue weighted by Crippen LogP contribution is -2.55. The zero-order valence-corrected chi connectivity index (χ0v) is 24.6. The van der Waals surface area contributed by atoms with Crippen LogP contribution in [0.25, 0.3) is 22.0 Å². The van der Waals surface area contributed by atoms with Crippen molar-refractivity contribution >= 4 is 51.8 Å². The summed E-state index contributed by atoms with van der Waals surface area (Å²) in [5.41, 5.74) is 3.36. The third-order valence-electron chi connectivity index (χ3n) is 7.22. The Morgan fingerprint density at radius 3 is 2.67 bits per heavy atom. The van der Waals surface area contributed by atoms with Gasteiger partial charge in [-0.1, -0.05) is 36.9 Å². The first kappa shape index (κ1) is 31.8. The number of carbonyl (C=O) groups excluding carboxylic acids is 2. The van der Waals surface area contributed by atoms with E-state index in [9.17, 15) is 19.5 Å². The number of carbonyl (C=O) groups is 3. The highest BCUT2D eigenvalue weighted by Crippen LogP contribution is 2.31. The van der Waals surface area contributed by atoms with E-state index < -0.39 is 24.0 Å². The molecule has 1 unspecified atom stereocenters. The van der Waals surface area contributed by atoms with Gasteiger partial charge in [-0.15, -0.1) is 0 Å². The van der Waals surface area contributed by atoms with Gasteiger partial charge in [0.15, 0.2) is 6.23 Å². The van der Waals surface area contributed by atoms with E-state index in [0.717, 1.165) is 22.6 Å². The van der Waals surface area contributed by atoms with Gasteiger partial charge in [-0.25, -0.2) is 23.9 Å². The fraction of sp³-hybridized carbons (Fsp3) is 0.182. The first-order valence-corrected chi connectivity index (χ1v) is 14.3. The Labute approximate surface area is 263 Å². The number of para-hydroxylation sites is 1. The van der Waals surface area contributed by atoms with Crippen molar-refractivity contribution in [2.24, 2.45) is 0 Å². The number of aromatic nitrogens is 2. The van der Waals surface area contributed by atoms with E-state index >= 15 is 4.39 Å². The third kappa shape index (κ3) is 7.70. The summed E-state index contributed by atoms with van der Waals surface area (Å²) in [6.07, 6.45) is 3.46. The second-order valence-electron chi connectivity index (χ2n) is 10.3. The number of β-amino-alcohol motifs (C(OH)–C–C–N with tert-alkyl or cyclic N) is 1. The quantitative estimate of drug-likeness (QED) is 0.141. The lowest BCUT2D eigenvalue weighted by atomic mass is 10.0. The third-order valence-corrected chi connectivity index (χ3v) is 7.22. The highest BCUT2D eigenvalue weighted by Gasteiger charge is 2.30. The standard InChI is InChI=1S/C33H31FN6O6/c1-2-28(42)36-23-7-3-5-21(17-23)25-8-4-6-22-19-35-33(38-32(22)25)37-27-10-9-24(18-26(27)34)40-14-13-39(15-16-41)20-29(40)46-31(45)12-11-30(43)44/h2-12,17-19,29,41H,1,13-16,20H2,(H,36,42)(H,43,44)(H,35,37,38)/b12-11-. The first-order valence-electron chi connectivity index (χ1n) is 14.3. The summed E-state index contributed by atoms with van der Waals surface area (Å²) in [6.45, 7) is 4.86. The number of carboxylic acid groups (broad SMARTS) is 1. The molecule has 1 aromatic heterocycles. The number of nitrogens with zero attached hydrogens (tertiary/aromatic N) is 4. The van der Waals surface area contributed by atoms with Gasteiger partial charge in [-0.2, -0.15) is 0 Å². The molecule has 1 aliphatic rings. The molecule has 1 amide bonds. The van der Waals surface area contributed by atoms with E-state index in [4.69, 9.17) is 9.84 Å². The molecule has 3 aromatic carbocycles. The van der Waals surface area contributed by atoms with Gasteiger partial charge in [0.05, 0.1) is 24.4 Å². The van der Waals surface area contributed by atoms with Crippen LogP contribution < -0.4 is 15.5 Å². The van der Waals surface area contributed by atoms with Gasteiger partial charge in [-0.05, 0) is 42.0 Å². The molecule has 236 valence electrons. The smallest absolute Gasteiger partial charge is 0.332 e. The Balaban J connectivity index is 1.38. The van der Waals surface area contributed by atoms with E-state index in [2.05, 4.69) is 27.2 Å². The zero-order chi connectivity index (χ0) is 32.6. The number of carboxylic acids is 1. The number of hydrogen-bond acceptors (Lipinski definition) is 10. The van der Waals surface area contributed by atoms with Crippen molar-refractivity contribution < 1.29 is 33.7 Å². The van der Waals surface area contributed by atoms with Crippen LogP contribution in [0.2, 0.25) is 0 Å². The first-order chi connectivity index (χ1) is 22.2. The number of fused-ring (bicyclic) bond motifs is 1. The molecule has 46 heavy (non-hydrogen) atoms. The molecule has 1 fully saturated rings. The number of hydrogen-bond donors (Lipinski definition) is 4. The fourth-order valence-electron chi connectivity index (χ4n) is 5.07. The number of piperazine rings is 1. The van der Waals surface area contributed by atoms with Crippen LogP contribution in [0.1, 0.15) is 0 Å². The van der Waals surface area contributed by atoms with Crippen molar-refractivity contribution in [3.63, 3.8) is 0 Å². The van der Waals surface area contributed by atoms with E-state index in [1.807, 2.05) is 41.3 Å². The summed E-state index contributed by atoms with van der Waals surface area (Å²) in [5, 5.41) is 24.6. The van der Waals surface area contributed by atoms with Crippen LogP contribution in [0.15, 0.2) is 91.7 Å². The number of amides is 1. The van der Waals surface area contributed by atoms with Crippen LogP contribution in [0.5, 0.6) is 0 Å². The molecule has 4 N–H and O–H groups in total. The minimum atomic E-state index is -1.29. The minimum absolute atomic E-state index is 0.0900. The summed E-state index contributed by atoms with van der Waals surface area (Å²) < 4.78 is 21.0. The number of ether oxygens (including phenoxy) is 1. The summed E-state index contributed by atoms with van der Waals surface area (Å²) in [4.78, 5) is 47.5. The number of halogens is 1. The summed E-state index contributed by atoms with van der Waals surface area (Å²) >= 11 is 0. The second kappa shape index (κ2) is 14.4. The van der Waals surface area contributed by atoms with Crippen molar-refractivity contribution in [1.82, 2.24) is 14.9 Å². The van der Waals surface area contributed by atoms with E-state index in [1.165, 1.54) is 18.2 Å². The number of aliphatic hydroxyl groups is 1. The molecule has 0 spiro atoms. The molecular formula is C33H31FN6O6. The Bertz CT molecular complexity index is 1810. The number of esters is 1. The highest BCUT2D eigenvalue weighted by molar-refractivity contribution is 6.00. The largest absolute Gasteiger partial charge is 0.478 e. The lowest BCUT2D eigenvalue weighted by Gasteiger charge is -2.41. The van der Waals surface area contributed by atoms with Gasteiger partial charge in [0.2, 0.25) is 11.9 Å². The van der Waals surface area contributed by atoms with Crippen LogP contribution >= 0.6 is 0 Å². The predicted octanol–water partition coefficient (Wildman–Crippen LogP) is 3.93. The van der Waals surface area contributed by atoms with Gasteiger partial charge in [-0.3, -0.25) is 9.69 Å². The maximum absolute atomic E-state index is 15.5. The molecule has 0 aliphatic carbocycles. The average Bonchev–Trinajstić information content (AvgIpc) is 3.05. The Hall–Kier alpha value is -5.66. The van der Waals surface area contributed by atoms with Crippen molar-refractivity contribution in [2.75, 3.05) is 48.3 Å². The number of aliphatic carboxylic acids is 1. The normalized spacial score (nSPS) is 15.1. The highest BCUT2D eigenvalue weighted by atomic mass is 19.1. The molecule has 13 heteroatoms. The molecule has 12 nitrogen and oxygen atoms in total. The Morgan fingerprint density at radius 2 is 1.91 bits per heavy atom. The lowest BCUT2D eigenvalue weighted by molar-refractivity contribution is -0.145. The molecule has 1 aliphatic heterocycles. The summed E-state index contributed by atoms with van der Waals surface area (Å²) in [7, 11) is 0. The molecule has 0 bridgehead atoms. The molecule has 1 saturated heterocycles. The van der Waals surface area contributed by atoms with Crippen LogP contribution in [0, 0.1) is 5.82 Å². The minimum Gasteiger partial charge on any atom is -0.478 e. The number of rotatable bonds is 11. The van der Waals surface area contributed by atoms with Crippen molar-refractivity contribution in [3.8, 4) is 11.1 Å². The number of aliphatic hydroxyl groups excluding tert-OH is 1. The molecule has 0 radical (unpaired) electrons. The zero-order valence-electron chi connectivity index (χ0n) is 24.6. The SMILES string of the molecule is C=CC(=O)Nc1cccc(-c2cccc3cnc(Nc4ccc(N5CCN(CCO)CC5OC(=O)/C=C\C(=O)O)cc4F)nc23)c1. The second-order valence-corrected chi connectivity index (χ2v) is 10.3. The average molecular weight is 627 g/mol. The van der Waals surface area contributed by atoms with E-state index in [1.54, 1.807) is 23.2 Å². The number of benzene rings is 3. The molecule has 0 saturated carbocycles. The van der Waals surface area contributed by atoms with Crippen molar-refractivity contribution in [1.29, 1.82) is 0 Å². The van der Waals surface area contributed by atoms with E-state index in [0.29, 0.717) is 42.6 Å². The molecule has 1 atom stereocenters. The summed E-state index contributed by atoms with van der Waals surface area (Å²) in [6, 6.07) is 17.4. The molecule has 2 heterocycles. The Kier molecular flexibility index (Phi) is 9.95. The van der Waals surface area contributed by atoms with Crippen LogP contribution in [0.4, 0.5) is 27.4 Å². The van der Waals surface area contributed by atoms with Crippen LogP contribution in [0.3, 0.4) is 0 Å². The topological polar surface area (TPSA) is 157 Å².